The number of hydrogen-bond donors (Lipinski definition) is 1. The Hall–Kier alpha value is -1.66. The maximum atomic E-state index is 8.62. The Labute approximate surface area is 77.7 Å². The Morgan fingerprint density at radius 3 is 3.23 bits per heavy atom. The molecule has 3 nitrogen and oxygen atoms in total. The molecule has 3 heteroatoms. The number of rotatable bonds is 3. The molecule has 0 saturated carbocycles. The van der Waals surface area contributed by atoms with E-state index in [9.17, 15) is 0 Å². The van der Waals surface area contributed by atoms with Crippen LogP contribution in [0.4, 0.5) is 0 Å². The van der Waals surface area contributed by atoms with Crippen LogP contribution in [0.25, 0.3) is 6.08 Å². The molecule has 0 fully saturated rings. The highest BCUT2D eigenvalue weighted by molar-refractivity contribution is 5.47. The monoisotopic (exact) mass is 173 g/mol. The zero-order valence-electron chi connectivity index (χ0n) is 7.49. The van der Waals surface area contributed by atoms with E-state index in [0.29, 0.717) is 5.56 Å². The van der Waals surface area contributed by atoms with Gasteiger partial charge in [0.05, 0.1) is 17.3 Å². The molecule has 1 heterocycles. The van der Waals surface area contributed by atoms with Crippen LogP contribution in [0.5, 0.6) is 0 Å². The standard InChI is InChI=1S/C10H11N3/c1-12-5-2-3-10-7-9(8-11)4-6-13-10/h2-4,6-7,12H,5H2,1H3. The van der Waals surface area contributed by atoms with Crippen molar-refractivity contribution in [3.05, 3.63) is 35.7 Å². The summed E-state index contributed by atoms with van der Waals surface area (Å²) in [5.41, 5.74) is 1.45. The molecule has 0 aliphatic heterocycles. The van der Waals surface area contributed by atoms with Crippen molar-refractivity contribution in [2.75, 3.05) is 13.6 Å². The van der Waals surface area contributed by atoms with Crippen LogP contribution in [0.2, 0.25) is 0 Å². The highest BCUT2D eigenvalue weighted by Crippen LogP contribution is 2.01. The summed E-state index contributed by atoms with van der Waals surface area (Å²) < 4.78 is 0. The molecule has 0 aliphatic rings. The summed E-state index contributed by atoms with van der Waals surface area (Å²) in [6.07, 6.45) is 5.48. The third-order valence-corrected chi connectivity index (χ3v) is 1.52. The lowest BCUT2D eigenvalue weighted by Gasteiger charge is -1.92. The largest absolute Gasteiger partial charge is 0.316 e. The minimum absolute atomic E-state index is 0.638. The lowest BCUT2D eigenvalue weighted by atomic mass is 10.2. The summed E-state index contributed by atoms with van der Waals surface area (Å²) in [6, 6.07) is 5.51. The molecule has 0 radical (unpaired) electrons. The quantitative estimate of drug-likeness (QED) is 0.746. The van der Waals surface area contributed by atoms with Crippen LogP contribution < -0.4 is 5.32 Å². The normalized spacial score (nSPS) is 10.2. The molecule has 13 heavy (non-hydrogen) atoms. The summed E-state index contributed by atoms with van der Waals surface area (Å²) in [4.78, 5) is 4.09. The Bertz CT molecular complexity index is 336. The predicted molar refractivity (Wildman–Crippen MR) is 51.9 cm³/mol. The number of hydrogen-bond acceptors (Lipinski definition) is 3. The van der Waals surface area contributed by atoms with Gasteiger partial charge in [-0.15, -0.1) is 0 Å². The van der Waals surface area contributed by atoms with Crippen molar-refractivity contribution in [3.63, 3.8) is 0 Å². The zero-order chi connectivity index (χ0) is 9.52. The molecule has 0 unspecified atom stereocenters. The number of pyridine rings is 1. The SMILES string of the molecule is CNCC=Cc1cc(C#N)ccn1. The highest BCUT2D eigenvalue weighted by atomic mass is 14.8. The Morgan fingerprint density at radius 1 is 1.69 bits per heavy atom. The molecule has 0 aromatic carbocycles. The third-order valence-electron chi connectivity index (χ3n) is 1.52. The van der Waals surface area contributed by atoms with E-state index in [1.54, 1.807) is 18.3 Å². The van der Waals surface area contributed by atoms with Gasteiger partial charge in [-0.05, 0) is 25.3 Å². The third kappa shape index (κ3) is 3.06. The molecule has 1 aromatic heterocycles. The topological polar surface area (TPSA) is 48.7 Å². The van der Waals surface area contributed by atoms with Gasteiger partial charge in [0.15, 0.2) is 0 Å². The molecule has 0 bridgehead atoms. The van der Waals surface area contributed by atoms with Crippen molar-refractivity contribution in [1.82, 2.24) is 10.3 Å². The van der Waals surface area contributed by atoms with Crippen LogP contribution in [0.1, 0.15) is 11.3 Å². The lowest BCUT2D eigenvalue weighted by Crippen LogP contribution is -2.03. The fourth-order valence-corrected chi connectivity index (χ4v) is 0.907. The van der Waals surface area contributed by atoms with Crippen molar-refractivity contribution in [1.29, 1.82) is 5.26 Å². The van der Waals surface area contributed by atoms with Gasteiger partial charge in [-0.2, -0.15) is 5.26 Å². The molecule has 1 aromatic rings. The van der Waals surface area contributed by atoms with Gasteiger partial charge in [0, 0.05) is 12.7 Å². The van der Waals surface area contributed by atoms with Crippen molar-refractivity contribution in [2.45, 2.75) is 0 Å². The molecular formula is C10H11N3. The molecule has 0 aliphatic carbocycles. The van der Waals surface area contributed by atoms with Crippen molar-refractivity contribution in [3.8, 4) is 6.07 Å². The van der Waals surface area contributed by atoms with E-state index in [4.69, 9.17) is 5.26 Å². The summed E-state index contributed by atoms with van der Waals surface area (Å²) in [6.45, 7) is 0.804. The van der Waals surface area contributed by atoms with Crippen LogP contribution in [0.3, 0.4) is 0 Å². The molecule has 0 amide bonds. The zero-order valence-corrected chi connectivity index (χ0v) is 7.49. The maximum absolute atomic E-state index is 8.62. The molecule has 1 N–H and O–H groups in total. The maximum Gasteiger partial charge on any atom is 0.0992 e. The Morgan fingerprint density at radius 2 is 2.54 bits per heavy atom. The fraction of sp³-hybridized carbons (Fsp3) is 0.200. The summed E-state index contributed by atoms with van der Waals surface area (Å²) in [5.74, 6) is 0. The van der Waals surface area contributed by atoms with E-state index < -0.39 is 0 Å². The highest BCUT2D eigenvalue weighted by Gasteiger charge is 1.90. The first-order chi connectivity index (χ1) is 6.36. The number of aromatic nitrogens is 1. The van der Waals surface area contributed by atoms with Gasteiger partial charge >= 0.3 is 0 Å². The molecule has 0 saturated heterocycles. The van der Waals surface area contributed by atoms with Gasteiger partial charge in [-0.1, -0.05) is 6.08 Å². The van der Waals surface area contributed by atoms with E-state index in [0.717, 1.165) is 12.2 Å². The van der Waals surface area contributed by atoms with Gasteiger partial charge < -0.3 is 5.32 Å². The average Bonchev–Trinajstić information content (AvgIpc) is 2.19. The second-order valence-electron chi connectivity index (χ2n) is 2.54. The molecular weight excluding hydrogens is 162 g/mol. The second kappa shape index (κ2) is 5.07. The van der Waals surface area contributed by atoms with Gasteiger partial charge in [0.1, 0.15) is 0 Å². The van der Waals surface area contributed by atoms with Gasteiger partial charge in [-0.3, -0.25) is 4.98 Å². The van der Waals surface area contributed by atoms with E-state index in [1.807, 2.05) is 19.2 Å². The van der Waals surface area contributed by atoms with Gasteiger partial charge in [0.2, 0.25) is 0 Å². The summed E-state index contributed by atoms with van der Waals surface area (Å²) in [7, 11) is 1.88. The van der Waals surface area contributed by atoms with Gasteiger partial charge in [0.25, 0.3) is 0 Å². The van der Waals surface area contributed by atoms with Crippen LogP contribution in [-0.4, -0.2) is 18.6 Å². The number of nitriles is 1. The molecule has 0 spiro atoms. The number of likely N-dealkylation sites (N-methyl/N-ethyl adjacent to an activating group) is 1. The second-order valence-corrected chi connectivity index (χ2v) is 2.54. The van der Waals surface area contributed by atoms with E-state index in [1.165, 1.54) is 0 Å². The first-order valence-electron chi connectivity index (χ1n) is 4.04. The molecule has 1 rings (SSSR count). The van der Waals surface area contributed by atoms with Crippen LogP contribution in [0.15, 0.2) is 24.4 Å². The first-order valence-corrected chi connectivity index (χ1v) is 4.04. The van der Waals surface area contributed by atoms with E-state index >= 15 is 0 Å². The van der Waals surface area contributed by atoms with Crippen molar-refractivity contribution < 1.29 is 0 Å². The Kier molecular flexibility index (Phi) is 3.68. The Balaban J connectivity index is 2.73. The fourth-order valence-electron chi connectivity index (χ4n) is 0.907. The van der Waals surface area contributed by atoms with E-state index in [-0.39, 0.29) is 0 Å². The minimum Gasteiger partial charge on any atom is -0.316 e. The summed E-state index contributed by atoms with van der Waals surface area (Å²) >= 11 is 0. The number of nitrogens with one attached hydrogen (secondary N) is 1. The predicted octanol–water partition coefficient (Wildman–Crippen LogP) is 1.19. The van der Waals surface area contributed by atoms with Crippen molar-refractivity contribution in [2.24, 2.45) is 0 Å². The van der Waals surface area contributed by atoms with Crippen LogP contribution in [-0.2, 0) is 0 Å². The summed E-state index contributed by atoms with van der Waals surface area (Å²) in [5, 5.41) is 11.6. The van der Waals surface area contributed by atoms with Gasteiger partial charge in [-0.25, -0.2) is 0 Å². The number of nitrogens with zero attached hydrogens (tertiary/aromatic N) is 2. The average molecular weight is 173 g/mol. The van der Waals surface area contributed by atoms with E-state index in [2.05, 4.69) is 16.4 Å². The lowest BCUT2D eigenvalue weighted by molar-refractivity contribution is 0.922. The first kappa shape index (κ1) is 9.43. The van der Waals surface area contributed by atoms with Crippen LogP contribution in [0, 0.1) is 11.3 Å². The minimum atomic E-state index is 0.638. The molecule has 0 atom stereocenters. The van der Waals surface area contributed by atoms with Crippen LogP contribution >= 0.6 is 0 Å². The van der Waals surface area contributed by atoms with Crippen molar-refractivity contribution >= 4 is 6.08 Å². The smallest absolute Gasteiger partial charge is 0.0992 e. The molecule has 66 valence electrons.